The number of ether oxygens (including phenoxy) is 2. The fourth-order valence-corrected chi connectivity index (χ4v) is 3.57. The summed E-state index contributed by atoms with van der Waals surface area (Å²) >= 11 is 0. The Labute approximate surface area is 164 Å². The molecular weight excluding hydrogens is 302 g/mol. The Morgan fingerprint density at radius 3 is 2.92 bits per heavy atom. The number of aliphatic hydroxyl groups excluding tert-OH is 1. The molecule has 0 radical (unpaired) electrons. The molecule has 1 N–H and O–H groups in total. The normalized spacial score (nSPS) is 37.5. The Hall–Kier alpha value is -1.26. The average molecular weight is 347 g/mol. The first-order chi connectivity index (χ1) is 16.6. The summed E-state index contributed by atoms with van der Waals surface area (Å²) in [5.41, 5.74) is -2.14. The zero-order valence-corrected chi connectivity index (χ0v) is 13.8. The van der Waals surface area contributed by atoms with Crippen molar-refractivity contribution in [3.63, 3.8) is 0 Å². The third-order valence-electron chi connectivity index (χ3n) is 4.61. The summed E-state index contributed by atoms with van der Waals surface area (Å²) in [6, 6.07) is -1.23. The second-order valence-electron chi connectivity index (χ2n) is 6.55. The van der Waals surface area contributed by atoms with E-state index in [-0.39, 0.29) is 49.3 Å². The van der Waals surface area contributed by atoms with E-state index in [0.717, 1.165) is 6.92 Å². The lowest BCUT2D eigenvalue weighted by atomic mass is 9.75. The molecule has 1 fully saturated rings. The molecule has 3 atom stereocenters. The van der Waals surface area contributed by atoms with Crippen LogP contribution in [0.15, 0.2) is 12.1 Å². The number of piperidine rings is 1. The third-order valence-corrected chi connectivity index (χ3v) is 4.61. The van der Waals surface area contributed by atoms with E-state index in [9.17, 15) is 5.11 Å². The molecule has 3 rings (SSSR count). The van der Waals surface area contributed by atoms with Crippen molar-refractivity contribution in [2.75, 3.05) is 27.2 Å². The fraction of sp³-hybridized carbons (Fsp3) is 0.700. The van der Waals surface area contributed by atoms with Crippen LogP contribution in [0.1, 0.15) is 68.4 Å². The molecule has 3 unspecified atom stereocenters. The number of rotatable bonds is 3. The summed E-state index contributed by atoms with van der Waals surface area (Å²) in [6.45, 7) is -5.52. The van der Waals surface area contributed by atoms with Gasteiger partial charge in [0.05, 0.1) is 27.1 Å². The highest BCUT2D eigenvalue weighted by molar-refractivity contribution is 5.49. The van der Waals surface area contributed by atoms with Gasteiger partial charge in [-0.15, -0.1) is 0 Å². The summed E-state index contributed by atoms with van der Waals surface area (Å²) in [5, 5.41) is 11.1. The minimum absolute atomic E-state index is 0.156. The molecule has 2 heterocycles. The Bertz CT molecular complexity index is 1020. The Balaban J connectivity index is 2.09. The molecule has 24 heavy (non-hydrogen) atoms. The molecule has 0 amide bonds. The average Bonchev–Trinajstić information content (AvgIpc) is 2.73. The van der Waals surface area contributed by atoms with Crippen LogP contribution in [-0.4, -0.2) is 43.3 Å². The van der Waals surface area contributed by atoms with Crippen LogP contribution in [0.25, 0.3) is 0 Å². The number of benzene rings is 1. The van der Waals surface area contributed by atoms with Gasteiger partial charge in [0.15, 0.2) is 11.5 Å². The van der Waals surface area contributed by atoms with Crippen LogP contribution in [0.3, 0.4) is 0 Å². The van der Waals surface area contributed by atoms with E-state index in [2.05, 4.69) is 0 Å². The summed E-state index contributed by atoms with van der Waals surface area (Å²) < 4.78 is 114. The first-order valence-corrected chi connectivity index (χ1v) is 7.91. The molecule has 0 bridgehead atoms. The maximum absolute atomic E-state index is 11.1. The maximum atomic E-state index is 11.1. The molecule has 1 aromatic carbocycles. The first-order valence-electron chi connectivity index (χ1n) is 14.4. The van der Waals surface area contributed by atoms with Crippen LogP contribution in [-0.2, 0) is 6.42 Å². The smallest absolute Gasteiger partial charge is 0.161 e. The lowest BCUT2D eigenvalue weighted by Gasteiger charge is -2.47. The van der Waals surface area contributed by atoms with Gasteiger partial charge in [0.2, 0.25) is 0 Å². The zero-order valence-electron chi connectivity index (χ0n) is 26.8. The maximum Gasteiger partial charge on any atom is 0.161 e. The number of hydrogen-bond acceptors (Lipinski definition) is 4. The van der Waals surface area contributed by atoms with Gasteiger partial charge in [-0.3, -0.25) is 4.90 Å². The number of nitrogens with zero attached hydrogens (tertiary/aromatic N) is 1. The van der Waals surface area contributed by atoms with Gasteiger partial charge >= 0.3 is 0 Å². The van der Waals surface area contributed by atoms with Crippen LogP contribution in [0.2, 0.25) is 0 Å². The van der Waals surface area contributed by atoms with Crippen molar-refractivity contribution < 1.29 is 32.4 Å². The summed E-state index contributed by atoms with van der Waals surface area (Å²) in [4.78, 5) is 1.71. The van der Waals surface area contributed by atoms with Crippen molar-refractivity contribution in [3.05, 3.63) is 23.2 Å². The van der Waals surface area contributed by atoms with Crippen molar-refractivity contribution >= 4 is 0 Å². The number of hydrogen-bond donors (Lipinski definition) is 1. The Morgan fingerprint density at radius 1 is 1.42 bits per heavy atom. The second kappa shape index (κ2) is 6.57. The summed E-state index contributed by atoms with van der Waals surface area (Å²) in [6.07, 6.45) is -4.33. The molecule has 0 saturated carbocycles. The van der Waals surface area contributed by atoms with Gasteiger partial charge < -0.3 is 14.6 Å². The van der Waals surface area contributed by atoms with Gasteiger partial charge in [0, 0.05) is 30.1 Å². The lowest BCUT2D eigenvalue weighted by Crippen LogP contribution is -2.48. The monoisotopic (exact) mass is 346 g/mol. The molecule has 4 nitrogen and oxygen atoms in total. The fourth-order valence-electron chi connectivity index (χ4n) is 3.57. The molecule has 2 aliphatic rings. The zero-order chi connectivity index (χ0) is 28.5. The highest BCUT2D eigenvalue weighted by Crippen LogP contribution is 2.44. The Kier molecular flexibility index (Phi) is 2.06. The molecule has 0 aromatic heterocycles. The molecule has 1 saturated heterocycles. The lowest BCUT2D eigenvalue weighted by molar-refractivity contribution is -0.0259. The molecule has 0 aliphatic carbocycles. The molecule has 4 heteroatoms. The highest BCUT2D eigenvalue weighted by Gasteiger charge is 2.39. The van der Waals surface area contributed by atoms with Gasteiger partial charge in [-0.05, 0) is 53.8 Å². The molecule has 0 spiro atoms. The number of fused-ring (bicyclic) bond motifs is 3. The largest absolute Gasteiger partial charge is 0.493 e. The van der Waals surface area contributed by atoms with Crippen LogP contribution >= 0.6 is 0 Å². The number of methoxy groups -OCH3 is 2. The van der Waals surface area contributed by atoms with E-state index in [0.29, 0.717) is 5.56 Å². The van der Waals surface area contributed by atoms with Crippen LogP contribution in [0, 0.1) is 11.3 Å². The van der Waals surface area contributed by atoms with E-state index in [4.69, 9.17) is 27.3 Å². The van der Waals surface area contributed by atoms with Crippen molar-refractivity contribution in [1.29, 1.82) is 0 Å². The van der Waals surface area contributed by atoms with Crippen LogP contribution in [0.4, 0.5) is 0 Å². The van der Waals surface area contributed by atoms with Crippen molar-refractivity contribution in [1.82, 2.24) is 4.90 Å². The quantitative estimate of drug-likeness (QED) is 0.910. The van der Waals surface area contributed by atoms with Gasteiger partial charge in [-0.25, -0.2) is 0 Å². The second-order valence-corrected chi connectivity index (χ2v) is 6.55. The van der Waals surface area contributed by atoms with Crippen molar-refractivity contribution in [2.24, 2.45) is 11.3 Å². The predicted octanol–water partition coefficient (Wildman–Crippen LogP) is 3.42. The van der Waals surface area contributed by atoms with Gasteiger partial charge in [-0.1, -0.05) is 20.6 Å². The SMILES string of the molecule is [2H]c1c2c(c([2H])c(OC([2H])([2H])[2H])c1OC)C1CC(O)C(C([2H])([2H])C(C)(C([2H])([2H])[2H])C([2H])([2H])[2H])CN1CC2. The standard InChI is InChI=1S/C20H31NO3/c1-20(2,3)11-14-12-21-7-6-13-8-18(23-4)19(24-5)9-15(13)16(21)10-17(14)22/h8-9,14,16-17,22H,6-7,10-12H2,1-5H3/i1D3,2D3,5D3,8D,9D,11D2. The van der Waals surface area contributed by atoms with E-state index < -0.39 is 56.3 Å². The highest BCUT2D eigenvalue weighted by atomic mass is 16.5. The van der Waals surface area contributed by atoms with Gasteiger partial charge in [0.25, 0.3) is 0 Å². The van der Waals surface area contributed by atoms with Crippen molar-refractivity contribution in [2.45, 2.75) is 52.0 Å². The summed E-state index contributed by atoms with van der Waals surface area (Å²) in [5.74, 6) is -2.04. The van der Waals surface area contributed by atoms with Crippen LogP contribution in [0.5, 0.6) is 11.5 Å². The van der Waals surface area contributed by atoms with Crippen molar-refractivity contribution in [3.8, 4) is 11.5 Å². The molecular formula is C20H31NO3. The van der Waals surface area contributed by atoms with E-state index in [1.807, 2.05) is 0 Å². The van der Waals surface area contributed by atoms with Crippen LogP contribution < -0.4 is 9.47 Å². The van der Waals surface area contributed by atoms with Gasteiger partial charge in [-0.2, -0.15) is 0 Å². The topological polar surface area (TPSA) is 41.9 Å². The first kappa shape index (κ1) is 7.55. The number of aliphatic hydroxyl groups is 1. The molecule has 2 aliphatic heterocycles. The Morgan fingerprint density at radius 2 is 2.21 bits per heavy atom. The van der Waals surface area contributed by atoms with Gasteiger partial charge in [0.1, 0.15) is 0 Å². The summed E-state index contributed by atoms with van der Waals surface area (Å²) in [7, 11) is -1.70. The van der Waals surface area contributed by atoms with E-state index >= 15 is 0 Å². The third kappa shape index (κ3) is 3.40. The molecule has 1 aromatic rings. The molecule has 134 valence electrons. The minimum atomic E-state index is -3.21. The predicted molar refractivity (Wildman–Crippen MR) is 95.7 cm³/mol. The van der Waals surface area contributed by atoms with E-state index in [1.54, 1.807) is 4.90 Å². The minimum Gasteiger partial charge on any atom is -0.493 e. The van der Waals surface area contributed by atoms with E-state index in [1.165, 1.54) is 7.11 Å².